The van der Waals surface area contributed by atoms with Crippen molar-refractivity contribution in [2.45, 2.75) is 19.9 Å². The van der Waals surface area contributed by atoms with Gasteiger partial charge < -0.3 is 5.32 Å². The van der Waals surface area contributed by atoms with Crippen LogP contribution in [0.4, 0.5) is 5.82 Å². The molecule has 102 valence electrons. The average molecular weight is 305 g/mol. The van der Waals surface area contributed by atoms with Gasteiger partial charge in [-0.15, -0.1) is 11.3 Å². The molecule has 0 aliphatic carbocycles. The van der Waals surface area contributed by atoms with Gasteiger partial charge in [0, 0.05) is 16.5 Å². The summed E-state index contributed by atoms with van der Waals surface area (Å²) in [6.07, 6.45) is 1.88. The number of aromatic nitrogens is 3. The third kappa shape index (κ3) is 2.59. The van der Waals surface area contributed by atoms with E-state index in [-0.39, 0.29) is 11.3 Å². The number of nitrogens with one attached hydrogen (secondary N) is 1. The lowest BCUT2D eigenvalue weighted by atomic mass is 10.2. The number of hydrogen-bond acceptors (Lipinski definition) is 5. The summed E-state index contributed by atoms with van der Waals surface area (Å²) in [6.45, 7) is 4.11. The zero-order valence-corrected chi connectivity index (χ0v) is 12.7. The lowest BCUT2D eigenvalue weighted by Gasteiger charge is -2.13. The molecule has 0 aliphatic heterocycles. The van der Waals surface area contributed by atoms with Crippen LogP contribution in [0.25, 0.3) is 10.9 Å². The quantitative estimate of drug-likeness (QED) is 0.736. The van der Waals surface area contributed by atoms with E-state index in [1.165, 1.54) is 4.88 Å². The molecule has 1 unspecified atom stereocenters. The molecule has 6 heteroatoms. The van der Waals surface area contributed by atoms with Crippen molar-refractivity contribution in [1.82, 2.24) is 15.0 Å². The molecule has 1 atom stereocenters. The van der Waals surface area contributed by atoms with Crippen LogP contribution >= 0.6 is 22.9 Å². The Hall–Kier alpha value is -1.72. The molecular formula is C14H13ClN4S. The van der Waals surface area contributed by atoms with E-state index < -0.39 is 0 Å². The molecule has 0 amide bonds. The van der Waals surface area contributed by atoms with Crippen molar-refractivity contribution in [3.63, 3.8) is 0 Å². The van der Waals surface area contributed by atoms with Gasteiger partial charge in [-0.05, 0) is 37.6 Å². The number of hydrogen-bond donors (Lipinski definition) is 1. The van der Waals surface area contributed by atoms with Crippen LogP contribution in [-0.2, 0) is 0 Å². The summed E-state index contributed by atoms with van der Waals surface area (Å²) in [7, 11) is 0. The largest absolute Gasteiger partial charge is 0.360 e. The predicted octanol–water partition coefficient (Wildman–Crippen LogP) is 4.22. The molecule has 0 bridgehead atoms. The highest BCUT2D eigenvalue weighted by Crippen LogP contribution is 2.27. The maximum absolute atomic E-state index is 5.98. The first-order valence-corrected chi connectivity index (χ1v) is 7.44. The Balaban J connectivity index is 1.98. The van der Waals surface area contributed by atoms with Gasteiger partial charge in [0.2, 0.25) is 5.28 Å². The maximum atomic E-state index is 5.98. The molecule has 20 heavy (non-hydrogen) atoms. The third-order valence-electron chi connectivity index (χ3n) is 2.94. The number of nitrogens with zero attached hydrogens (tertiary/aromatic N) is 3. The highest BCUT2D eigenvalue weighted by molar-refractivity contribution is 7.11. The van der Waals surface area contributed by atoms with Crippen LogP contribution in [-0.4, -0.2) is 15.0 Å². The van der Waals surface area contributed by atoms with Crippen molar-refractivity contribution in [3.05, 3.63) is 45.6 Å². The Kier molecular flexibility index (Phi) is 3.54. The van der Waals surface area contributed by atoms with Crippen molar-refractivity contribution >= 4 is 39.7 Å². The normalized spacial score (nSPS) is 12.6. The topological polar surface area (TPSA) is 50.7 Å². The van der Waals surface area contributed by atoms with Crippen molar-refractivity contribution in [2.75, 3.05) is 5.32 Å². The highest BCUT2D eigenvalue weighted by atomic mass is 35.5. The van der Waals surface area contributed by atoms with Crippen molar-refractivity contribution in [1.29, 1.82) is 0 Å². The number of fused-ring (bicyclic) bond motifs is 1. The fourth-order valence-electron chi connectivity index (χ4n) is 2.00. The van der Waals surface area contributed by atoms with Gasteiger partial charge in [0.05, 0.1) is 11.6 Å². The molecule has 0 fully saturated rings. The van der Waals surface area contributed by atoms with E-state index >= 15 is 0 Å². The van der Waals surface area contributed by atoms with Gasteiger partial charge in [-0.3, -0.25) is 0 Å². The zero-order chi connectivity index (χ0) is 14.1. The fourth-order valence-corrected chi connectivity index (χ4v) is 2.95. The van der Waals surface area contributed by atoms with E-state index in [0.717, 1.165) is 21.7 Å². The first-order valence-electron chi connectivity index (χ1n) is 6.24. The summed E-state index contributed by atoms with van der Waals surface area (Å²) < 4.78 is 0. The van der Waals surface area contributed by atoms with Crippen LogP contribution < -0.4 is 5.32 Å². The minimum absolute atomic E-state index is 0.0723. The Morgan fingerprint density at radius 3 is 2.80 bits per heavy atom. The van der Waals surface area contributed by atoms with Crippen LogP contribution in [0.1, 0.15) is 22.9 Å². The van der Waals surface area contributed by atoms with Gasteiger partial charge >= 0.3 is 0 Å². The molecule has 1 aromatic carbocycles. The Morgan fingerprint density at radius 1 is 1.25 bits per heavy atom. The average Bonchev–Trinajstić information content (AvgIpc) is 2.85. The minimum Gasteiger partial charge on any atom is -0.360 e. The third-order valence-corrected chi connectivity index (χ3v) is 4.20. The summed E-state index contributed by atoms with van der Waals surface area (Å²) >= 11 is 7.66. The van der Waals surface area contributed by atoms with Crippen LogP contribution in [0.5, 0.6) is 0 Å². The molecule has 2 aromatic heterocycles. The van der Waals surface area contributed by atoms with E-state index in [1.807, 2.05) is 37.4 Å². The second kappa shape index (κ2) is 5.34. The minimum atomic E-state index is 0.0723. The Bertz CT molecular complexity index is 756. The van der Waals surface area contributed by atoms with Crippen LogP contribution in [0.2, 0.25) is 5.28 Å². The molecule has 0 saturated heterocycles. The molecule has 0 saturated carbocycles. The number of aryl methyl sites for hydroxylation is 1. The van der Waals surface area contributed by atoms with Gasteiger partial charge in [-0.1, -0.05) is 12.1 Å². The van der Waals surface area contributed by atoms with Gasteiger partial charge in [0.1, 0.15) is 10.8 Å². The van der Waals surface area contributed by atoms with E-state index in [4.69, 9.17) is 11.6 Å². The second-order valence-corrected chi connectivity index (χ2v) is 6.14. The number of anilines is 1. The molecular weight excluding hydrogens is 292 g/mol. The summed E-state index contributed by atoms with van der Waals surface area (Å²) in [6, 6.07) is 7.87. The molecule has 0 radical (unpaired) electrons. The maximum Gasteiger partial charge on any atom is 0.224 e. The van der Waals surface area contributed by atoms with Gasteiger partial charge in [0.25, 0.3) is 0 Å². The second-order valence-electron chi connectivity index (χ2n) is 4.53. The smallest absolute Gasteiger partial charge is 0.224 e. The number of benzene rings is 1. The van der Waals surface area contributed by atoms with Gasteiger partial charge in [0.15, 0.2) is 0 Å². The number of halogens is 1. The molecule has 0 aliphatic rings. The molecule has 2 heterocycles. The van der Waals surface area contributed by atoms with Crippen molar-refractivity contribution in [3.8, 4) is 0 Å². The molecule has 1 N–H and O–H groups in total. The predicted molar refractivity (Wildman–Crippen MR) is 83.4 cm³/mol. The van der Waals surface area contributed by atoms with E-state index in [2.05, 4.69) is 27.2 Å². The van der Waals surface area contributed by atoms with E-state index in [0.29, 0.717) is 0 Å². The molecule has 3 rings (SSSR count). The lowest BCUT2D eigenvalue weighted by molar-refractivity contribution is 0.862. The number of rotatable bonds is 3. The summed E-state index contributed by atoms with van der Waals surface area (Å²) in [5.41, 5.74) is 0.831. The Morgan fingerprint density at radius 2 is 2.05 bits per heavy atom. The summed E-state index contributed by atoms with van der Waals surface area (Å²) in [5.74, 6) is 0.737. The standard InChI is InChI=1S/C14H13ClN4S/c1-8-7-16-13(20-8)9(2)17-12-10-5-3-4-6-11(10)18-14(15)19-12/h3-7,9H,1-2H3,(H,17,18,19). The van der Waals surface area contributed by atoms with Crippen LogP contribution in [0, 0.1) is 6.92 Å². The summed E-state index contributed by atoms with van der Waals surface area (Å²) in [5, 5.41) is 5.60. The molecule has 3 aromatic rings. The first kappa shape index (κ1) is 13.3. The van der Waals surface area contributed by atoms with Crippen molar-refractivity contribution < 1.29 is 0 Å². The SMILES string of the molecule is Cc1cnc(C(C)Nc2nc(Cl)nc3ccccc23)s1. The number of thiazole rings is 1. The van der Waals surface area contributed by atoms with Gasteiger partial charge in [-0.25, -0.2) is 15.0 Å². The van der Waals surface area contributed by atoms with E-state index in [9.17, 15) is 0 Å². The Labute approximate surface area is 125 Å². The van der Waals surface area contributed by atoms with Gasteiger partial charge in [-0.2, -0.15) is 0 Å². The first-order chi connectivity index (χ1) is 9.63. The fraction of sp³-hybridized carbons (Fsp3) is 0.214. The lowest BCUT2D eigenvalue weighted by Crippen LogP contribution is -2.08. The zero-order valence-electron chi connectivity index (χ0n) is 11.1. The monoisotopic (exact) mass is 304 g/mol. The molecule has 0 spiro atoms. The van der Waals surface area contributed by atoms with Crippen LogP contribution in [0.3, 0.4) is 0 Å². The molecule has 4 nitrogen and oxygen atoms in total. The van der Waals surface area contributed by atoms with Crippen molar-refractivity contribution in [2.24, 2.45) is 0 Å². The highest BCUT2D eigenvalue weighted by Gasteiger charge is 2.13. The van der Waals surface area contributed by atoms with E-state index in [1.54, 1.807) is 11.3 Å². The number of para-hydroxylation sites is 1. The summed E-state index contributed by atoms with van der Waals surface area (Å²) in [4.78, 5) is 14.1. The van der Waals surface area contributed by atoms with Crippen LogP contribution in [0.15, 0.2) is 30.5 Å².